The lowest BCUT2D eigenvalue weighted by Crippen LogP contribution is -2.59. The lowest BCUT2D eigenvalue weighted by Gasteiger charge is -2.54. The summed E-state index contributed by atoms with van der Waals surface area (Å²) >= 11 is 0. The van der Waals surface area contributed by atoms with Crippen molar-refractivity contribution < 1.29 is 0 Å². The van der Waals surface area contributed by atoms with Gasteiger partial charge in [0.15, 0.2) is 0 Å². The Labute approximate surface area is 57.0 Å². The van der Waals surface area contributed by atoms with E-state index in [4.69, 9.17) is 0 Å². The first-order valence-corrected chi connectivity index (χ1v) is 4.06. The topological polar surface area (TPSA) is 3.24 Å². The normalized spacial score (nSPS) is 43.7. The summed E-state index contributed by atoms with van der Waals surface area (Å²) in [5.41, 5.74) is 0.651. The molecule has 1 unspecified atom stereocenters. The Bertz CT molecular complexity index is 122. The number of nitrogens with zero attached hydrogens (tertiary/aromatic N) is 1. The first kappa shape index (κ1) is 5.72. The van der Waals surface area contributed by atoms with Crippen LogP contribution in [0.15, 0.2) is 0 Å². The van der Waals surface area contributed by atoms with Crippen LogP contribution in [-0.4, -0.2) is 23.5 Å². The molecule has 9 heavy (non-hydrogen) atoms. The average molecular weight is 125 g/mol. The summed E-state index contributed by atoms with van der Waals surface area (Å²) in [5.74, 6) is 0. The Morgan fingerprint density at radius 3 is 2.33 bits per heavy atom. The molecule has 0 bridgehead atoms. The molecule has 0 aromatic heterocycles. The fourth-order valence-corrected chi connectivity index (χ4v) is 2.12. The third kappa shape index (κ3) is 0.710. The molecule has 2 saturated heterocycles. The molecule has 0 N–H and O–H groups in total. The van der Waals surface area contributed by atoms with Crippen LogP contribution in [0.1, 0.15) is 32.6 Å². The first-order valence-electron chi connectivity index (χ1n) is 4.06. The fourth-order valence-electron chi connectivity index (χ4n) is 2.12. The maximum atomic E-state index is 2.64. The van der Waals surface area contributed by atoms with E-state index in [-0.39, 0.29) is 0 Å². The van der Waals surface area contributed by atoms with Gasteiger partial charge in [0.2, 0.25) is 0 Å². The smallest absolute Gasteiger partial charge is 0.0193 e. The zero-order chi connectivity index (χ0) is 6.32. The van der Waals surface area contributed by atoms with Crippen LogP contribution >= 0.6 is 0 Å². The third-order valence-corrected chi connectivity index (χ3v) is 3.08. The van der Waals surface area contributed by atoms with Crippen LogP contribution in [0, 0.1) is 0 Å². The molecule has 2 fully saturated rings. The Morgan fingerprint density at radius 2 is 2.00 bits per heavy atom. The van der Waals surface area contributed by atoms with Crippen LogP contribution in [0.3, 0.4) is 0 Å². The Morgan fingerprint density at radius 1 is 1.11 bits per heavy atom. The zero-order valence-corrected chi connectivity index (χ0v) is 6.19. The largest absolute Gasteiger partial charge is 0.298 e. The highest BCUT2D eigenvalue weighted by atomic mass is 15.3. The standard InChI is InChI=1S/C8H15N/c1-8-4-2-3-6-9(8)7-5-8/h2-7H2,1H3. The molecular formula is C8H15N. The van der Waals surface area contributed by atoms with Gasteiger partial charge in [0.05, 0.1) is 0 Å². The van der Waals surface area contributed by atoms with Crippen molar-refractivity contribution in [1.29, 1.82) is 0 Å². The Balaban J connectivity index is 2.05. The van der Waals surface area contributed by atoms with Gasteiger partial charge < -0.3 is 0 Å². The first-order chi connectivity index (χ1) is 4.31. The van der Waals surface area contributed by atoms with E-state index in [0.29, 0.717) is 5.54 Å². The van der Waals surface area contributed by atoms with Gasteiger partial charge in [-0.2, -0.15) is 0 Å². The number of piperidine rings is 1. The maximum Gasteiger partial charge on any atom is 0.0193 e. The van der Waals surface area contributed by atoms with E-state index < -0.39 is 0 Å². The van der Waals surface area contributed by atoms with Gasteiger partial charge in [-0.1, -0.05) is 6.42 Å². The van der Waals surface area contributed by atoms with Gasteiger partial charge in [0, 0.05) is 12.1 Å². The van der Waals surface area contributed by atoms with Crippen LogP contribution in [-0.2, 0) is 0 Å². The summed E-state index contributed by atoms with van der Waals surface area (Å²) in [7, 11) is 0. The van der Waals surface area contributed by atoms with Gasteiger partial charge in [-0.25, -0.2) is 0 Å². The fraction of sp³-hybridized carbons (Fsp3) is 1.00. The lowest BCUT2D eigenvalue weighted by atomic mass is 9.79. The SMILES string of the molecule is CC12CCCCN1CC2. The molecule has 0 saturated carbocycles. The Hall–Kier alpha value is -0.0400. The molecule has 0 spiro atoms. The molecule has 2 rings (SSSR count). The van der Waals surface area contributed by atoms with Crippen molar-refractivity contribution >= 4 is 0 Å². The molecule has 1 heteroatoms. The van der Waals surface area contributed by atoms with Gasteiger partial charge in [-0.05, 0) is 32.7 Å². The zero-order valence-electron chi connectivity index (χ0n) is 6.19. The minimum Gasteiger partial charge on any atom is -0.298 e. The van der Waals surface area contributed by atoms with Crippen molar-refractivity contribution in [2.24, 2.45) is 0 Å². The summed E-state index contributed by atoms with van der Waals surface area (Å²) in [6.45, 7) is 5.16. The van der Waals surface area contributed by atoms with Crippen LogP contribution in [0.5, 0.6) is 0 Å². The van der Waals surface area contributed by atoms with E-state index in [1.165, 1.54) is 38.8 Å². The van der Waals surface area contributed by atoms with E-state index >= 15 is 0 Å². The maximum absolute atomic E-state index is 2.64. The second-order valence-electron chi connectivity index (χ2n) is 3.69. The van der Waals surface area contributed by atoms with E-state index in [9.17, 15) is 0 Å². The average Bonchev–Trinajstić information content (AvgIpc) is 1.82. The summed E-state index contributed by atoms with van der Waals surface area (Å²) in [6, 6.07) is 0. The van der Waals surface area contributed by atoms with Crippen molar-refractivity contribution in [3.8, 4) is 0 Å². The molecule has 2 aliphatic rings. The second-order valence-corrected chi connectivity index (χ2v) is 3.69. The quantitative estimate of drug-likeness (QED) is 0.475. The van der Waals surface area contributed by atoms with Crippen molar-refractivity contribution in [3.63, 3.8) is 0 Å². The van der Waals surface area contributed by atoms with Gasteiger partial charge in [0.1, 0.15) is 0 Å². The Kier molecular flexibility index (Phi) is 1.10. The van der Waals surface area contributed by atoms with E-state index in [0.717, 1.165) is 0 Å². The monoisotopic (exact) mass is 125 g/mol. The molecule has 1 nitrogen and oxygen atoms in total. The number of fused-ring (bicyclic) bond motifs is 1. The van der Waals surface area contributed by atoms with Crippen LogP contribution in [0.4, 0.5) is 0 Å². The van der Waals surface area contributed by atoms with Crippen LogP contribution in [0.25, 0.3) is 0 Å². The molecule has 2 heterocycles. The molecule has 2 aliphatic heterocycles. The van der Waals surface area contributed by atoms with E-state index in [2.05, 4.69) is 11.8 Å². The summed E-state index contributed by atoms with van der Waals surface area (Å²) in [5, 5.41) is 0. The van der Waals surface area contributed by atoms with Crippen LogP contribution < -0.4 is 0 Å². The predicted molar refractivity (Wildman–Crippen MR) is 38.4 cm³/mol. The van der Waals surface area contributed by atoms with Crippen molar-refractivity contribution in [2.75, 3.05) is 13.1 Å². The van der Waals surface area contributed by atoms with Crippen molar-refractivity contribution in [3.05, 3.63) is 0 Å². The minimum atomic E-state index is 0.651. The van der Waals surface area contributed by atoms with Crippen molar-refractivity contribution in [1.82, 2.24) is 4.90 Å². The highest BCUT2D eigenvalue weighted by Gasteiger charge is 2.41. The highest BCUT2D eigenvalue weighted by Crippen LogP contribution is 2.38. The van der Waals surface area contributed by atoms with E-state index in [1.54, 1.807) is 0 Å². The number of rotatable bonds is 0. The summed E-state index contributed by atoms with van der Waals surface area (Å²) in [6.07, 6.45) is 5.81. The van der Waals surface area contributed by atoms with Gasteiger partial charge >= 0.3 is 0 Å². The second kappa shape index (κ2) is 1.72. The molecule has 1 atom stereocenters. The van der Waals surface area contributed by atoms with Gasteiger partial charge in [-0.15, -0.1) is 0 Å². The lowest BCUT2D eigenvalue weighted by molar-refractivity contribution is -0.0308. The molecular weight excluding hydrogens is 110 g/mol. The molecule has 0 radical (unpaired) electrons. The molecule has 0 aromatic rings. The molecule has 0 amide bonds. The van der Waals surface area contributed by atoms with Gasteiger partial charge in [-0.3, -0.25) is 4.90 Å². The predicted octanol–water partition coefficient (Wildman–Crippen LogP) is 1.63. The molecule has 52 valence electrons. The molecule has 0 aliphatic carbocycles. The van der Waals surface area contributed by atoms with Gasteiger partial charge in [0.25, 0.3) is 0 Å². The van der Waals surface area contributed by atoms with Crippen molar-refractivity contribution in [2.45, 2.75) is 38.1 Å². The van der Waals surface area contributed by atoms with Crippen LogP contribution in [0.2, 0.25) is 0 Å². The molecule has 0 aromatic carbocycles. The highest BCUT2D eigenvalue weighted by molar-refractivity contribution is 4.97. The summed E-state index contributed by atoms with van der Waals surface area (Å²) < 4.78 is 0. The van der Waals surface area contributed by atoms with E-state index in [1.807, 2.05) is 0 Å². The summed E-state index contributed by atoms with van der Waals surface area (Å²) in [4.78, 5) is 2.64. The third-order valence-electron chi connectivity index (χ3n) is 3.08. The number of hydrogen-bond acceptors (Lipinski definition) is 1. The number of hydrogen-bond donors (Lipinski definition) is 0. The minimum absolute atomic E-state index is 0.651.